The topological polar surface area (TPSA) is 60.1 Å². The fraction of sp³-hybridized carbons (Fsp3) is 0.143. The van der Waals surface area contributed by atoms with Gasteiger partial charge in [0.1, 0.15) is 5.58 Å². The second kappa shape index (κ2) is 6.88. The van der Waals surface area contributed by atoms with Crippen LogP contribution in [-0.2, 0) is 13.5 Å². The second-order valence-electron chi connectivity index (χ2n) is 6.25. The highest BCUT2D eigenvalue weighted by Gasteiger charge is 2.11. The summed E-state index contributed by atoms with van der Waals surface area (Å²) in [6.07, 6.45) is 4.60. The van der Waals surface area contributed by atoms with E-state index in [0.29, 0.717) is 12.3 Å². The Labute approximate surface area is 151 Å². The molecule has 0 fully saturated rings. The summed E-state index contributed by atoms with van der Waals surface area (Å²) in [4.78, 5) is 12.2. The van der Waals surface area contributed by atoms with Gasteiger partial charge in [-0.25, -0.2) is 0 Å². The number of nitrogens with zero attached hydrogens (tertiary/aromatic N) is 2. The maximum absolute atomic E-state index is 12.2. The zero-order chi connectivity index (χ0) is 17.9. The summed E-state index contributed by atoms with van der Waals surface area (Å²) >= 11 is 0. The lowest BCUT2D eigenvalue weighted by atomic mass is 10.1. The Bertz CT molecular complexity index is 1010. The maximum atomic E-state index is 12.2. The smallest absolute Gasteiger partial charge is 0.287 e. The van der Waals surface area contributed by atoms with Crippen molar-refractivity contribution in [2.45, 2.75) is 6.42 Å². The monoisotopic (exact) mass is 345 g/mol. The van der Waals surface area contributed by atoms with Gasteiger partial charge in [-0.15, -0.1) is 0 Å². The predicted molar refractivity (Wildman–Crippen MR) is 101 cm³/mol. The molecule has 1 N–H and O–H groups in total. The number of furan rings is 1. The predicted octanol–water partition coefficient (Wildman–Crippen LogP) is 3.81. The van der Waals surface area contributed by atoms with Crippen molar-refractivity contribution < 1.29 is 9.21 Å². The van der Waals surface area contributed by atoms with Crippen LogP contribution in [0.3, 0.4) is 0 Å². The van der Waals surface area contributed by atoms with Crippen molar-refractivity contribution in [2.24, 2.45) is 7.05 Å². The van der Waals surface area contributed by atoms with Crippen molar-refractivity contribution in [3.8, 4) is 11.1 Å². The van der Waals surface area contributed by atoms with Crippen LogP contribution in [0.25, 0.3) is 22.1 Å². The first-order chi connectivity index (χ1) is 12.7. The van der Waals surface area contributed by atoms with Gasteiger partial charge >= 0.3 is 0 Å². The van der Waals surface area contributed by atoms with Crippen molar-refractivity contribution >= 4 is 16.9 Å². The summed E-state index contributed by atoms with van der Waals surface area (Å²) in [5.41, 5.74) is 4.12. The van der Waals surface area contributed by atoms with E-state index >= 15 is 0 Å². The molecule has 4 rings (SSSR count). The van der Waals surface area contributed by atoms with Gasteiger partial charge in [0.2, 0.25) is 0 Å². The number of aromatic nitrogens is 2. The molecule has 0 saturated carbocycles. The Balaban J connectivity index is 1.34. The standard InChI is InChI=1S/C21H19N3O2/c1-24-14-18(13-23-24)16-8-6-15(7-9-16)10-11-22-21(25)20-12-17-4-2-3-5-19(17)26-20/h2-9,12-14H,10-11H2,1H3,(H,22,25). The Kier molecular flexibility index (Phi) is 4.27. The van der Waals surface area contributed by atoms with Gasteiger partial charge in [-0.1, -0.05) is 42.5 Å². The molecule has 0 bridgehead atoms. The summed E-state index contributed by atoms with van der Waals surface area (Å²) in [5.74, 6) is 0.159. The molecular weight excluding hydrogens is 326 g/mol. The zero-order valence-electron chi connectivity index (χ0n) is 14.5. The van der Waals surface area contributed by atoms with Crippen molar-refractivity contribution in [3.05, 3.63) is 78.3 Å². The number of hydrogen-bond acceptors (Lipinski definition) is 3. The molecule has 26 heavy (non-hydrogen) atoms. The van der Waals surface area contributed by atoms with Gasteiger partial charge in [-0.3, -0.25) is 9.48 Å². The highest BCUT2D eigenvalue weighted by molar-refractivity contribution is 5.96. The molecule has 0 radical (unpaired) electrons. The fourth-order valence-electron chi connectivity index (χ4n) is 2.94. The number of hydrogen-bond donors (Lipinski definition) is 1. The van der Waals surface area contributed by atoms with E-state index in [1.54, 1.807) is 10.7 Å². The lowest BCUT2D eigenvalue weighted by Gasteiger charge is -2.05. The van der Waals surface area contributed by atoms with Crippen LogP contribution >= 0.6 is 0 Å². The molecule has 1 amide bonds. The summed E-state index contributed by atoms with van der Waals surface area (Å²) < 4.78 is 7.37. The highest BCUT2D eigenvalue weighted by atomic mass is 16.3. The Morgan fingerprint density at radius 1 is 1.12 bits per heavy atom. The van der Waals surface area contributed by atoms with Crippen LogP contribution in [0.1, 0.15) is 16.1 Å². The van der Waals surface area contributed by atoms with Crippen molar-refractivity contribution in [1.82, 2.24) is 15.1 Å². The SMILES string of the molecule is Cn1cc(-c2ccc(CCNC(=O)c3cc4ccccc4o3)cc2)cn1. The van der Waals surface area contributed by atoms with Crippen LogP contribution < -0.4 is 5.32 Å². The number of carbonyl (C=O) groups is 1. The normalized spacial score (nSPS) is 11.0. The van der Waals surface area contributed by atoms with E-state index in [0.717, 1.165) is 28.5 Å². The number of benzene rings is 2. The molecule has 0 aliphatic rings. The first-order valence-electron chi connectivity index (χ1n) is 8.54. The lowest BCUT2D eigenvalue weighted by Crippen LogP contribution is -2.25. The van der Waals surface area contributed by atoms with E-state index in [2.05, 4.69) is 34.7 Å². The Hall–Kier alpha value is -3.34. The minimum Gasteiger partial charge on any atom is -0.451 e. The molecule has 4 aromatic rings. The van der Waals surface area contributed by atoms with Crippen LogP contribution in [0.4, 0.5) is 0 Å². The number of para-hydroxylation sites is 1. The molecule has 0 unspecified atom stereocenters. The molecule has 0 aliphatic carbocycles. The fourth-order valence-corrected chi connectivity index (χ4v) is 2.94. The second-order valence-corrected chi connectivity index (χ2v) is 6.25. The van der Waals surface area contributed by atoms with Crippen molar-refractivity contribution in [3.63, 3.8) is 0 Å². The first-order valence-corrected chi connectivity index (χ1v) is 8.54. The van der Waals surface area contributed by atoms with E-state index in [4.69, 9.17) is 4.42 Å². The molecule has 2 heterocycles. The first kappa shape index (κ1) is 16.1. The van der Waals surface area contributed by atoms with Gasteiger partial charge in [0.15, 0.2) is 5.76 Å². The zero-order valence-corrected chi connectivity index (χ0v) is 14.5. The average Bonchev–Trinajstić information content (AvgIpc) is 3.28. The van der Waals surface area contributed by atoms with E-state index in [1.165, 1.54) is 5.56 Å². The number of fused-ring (bicyclic) bond motifs is 1. The van der Waals surface area contributed by atoms with Crippen LogP contribution in [0.2, 0.25) is 0 Å². The number of rotatable bonds is 5. The summed E-state index contributed by atoms with van der Waals surface area (Å²) in [7, 11) is 1.91. The van der Waals surface area contributed by atoms with Gasteiger partial charge < -0.3 is 9.73 Å². The van der Waals surface area contributed by atoms with E-state index in [-0.39, 0.29) is 5.91 Å². The van der Waals surface area contributed by atoms with Crippen LogP contribution in [0.15, 0.2) is 71.4 Å². The van der Waals surface area contributed by atoms with Gasteiger partial charge in [-0.05, 0) is 29.7 Å². The largest absolute Gasteiger partial charge is 0.451 e. The molecule has 5 nitrogen and oxygen atoms in total. The maximum Gasteiger partial charge on any atom is 0.287 e. The molecule has 0 spiro atoms. The lowest BCUT2D eigenvalue weighted by molar-refractivity contribution is 0.0928. The molecule has 5 heteroatoms. The third-order valence-electron chi connectivity index (χ3n) is 4.34. The van der Waals surface area contributed by atoms with Gasteiger partial charge in [0, 0.05) is 30.7 Å². The molecule has 0 aliphatic heterocycles. The number of nitrogens with one attached hydrogen (secondary N) is 1. The van der Waals surface area contributed by atoms with E-state index in [1.807, 2.05) is 43.7 Å². The van der Waals surface area contributed by atoms with Crippen molar-refractivity contribution in [2.75, 3.05) is 6.54 Å². The third kappa shape index (κ3) is 3.37. The van der Waals surface area contributed by atoms with Crippen molar-refractivity contribution in [1.29, 1.82) is 0 Å². The minimum absolute atomic E-state index is 0.187. The molecule has 0 atom stereocenters. The number of carbonyl (C=O) groups excluding carboxylic acids is 1. The van der Waals surface area contributed by atoms with Gasteiger partial charge in [0.05, 0.1) is 6.20 Å². The molecule has 2 aromatic carbocycles. The number of aryl methyl sites for hydroxylation is 1. The van der Waals surface area contributed by atoms with Gasteiger partial charge in [0.25, 0.3) is 5.91 Å². The molecule has 2 aromatic heterocycles. The molecule has 0 saturated heterocycles. The molecular formula is C21H19N3O2. The Morgan fingerprint density at radius 3 is 2.65 bits per heavy atom. The quantitative estimate of drug-likeness (QED) is 0.598. The summed E-state index contributed by atoms with van der Waals surface area (Å²) in [5, 5.41) is 8.04. The van der Waals surface area contributed by atoms with Gasteiger partial charge in [-0.2, -0.15) is 5.10 Å². The third-order valence-corrected chi connectivity index (χ3v) is 4.34. The number of amides is 1. The van der Waals surface area contributed by atoms with Crippen LogP contribution in [0.5, 0.6) is 0 Å². The van der Waals surface area contributed by atoms with E-state index < -0.39 is 0 Å². The van der Waals surface area contributed by atoms with Crippen LogP contribution in [0, 0.1) is 0 Å². The highest BCUT2D eigenvalue weighted by Crippen LogP contribution is 2.20. The van der Waals surface area contributed by atoms with Crippen LogP contribution in [-0.4, -0.2) is 22.2 Å². The summed E-state index contributed by atoms with van der Waals surface area (Å²) in [6, 6.07) is 17.7. The minimum atomic E-state index is -0.187. The molecule has 130 valence electrons. The Morgan fingerprint density at radius 2 is 1.92 bits per heavy atom. The average molecular weight is 345 g/mol. The summed E-state index contributed by atoms with van der Waals surface area (Å²) in [6.45, 7) is 0.558. The van der Waals surface area contributed by atoms with E-state index in [9.17, 15) is 4.79 Å².